The summed E-state index contributed by atoms with van der Waals surface area (Å²) in [5, 5.41) is 12.3. The second-order valence-corrected chi connectivity index (χ2v) is 5.64. The van der Waals surface area contributed by atoms with Crippen LogP contribution in [0.3, 0.4) is 0 Å². The van der Waals surface area contributed by atoms with Crippen molar-refractivity contribution in [3.05, 3.63) is 0 Å². The highest BCUT2D eigenvalue weighted by Crippen LogP contribution is 2.20. The molecule has 0 aliphatic rings. The zero-order valence-corrected chi connectivity index (χ0v) is 13.9. The number of likely N-dealkylation sites (N-methyl/N-ethyl adjacent to an activating group) is 1. The molecule has 2 N–H and O–H groups in total. The van der Waals surface area contributed by atoms with Crippen molar-refractivity contribution in [1.82, 2.24) is 10.2 Å². The number of methoxy groups -OCH3 is 1. The Hall–Kier alpha value is -0.650. The summed E-state index contributed by atoms with van der Waals surface area (Å²) in [5.41, 5.74) is -0.892. The third-order valence-electron chi connectivity index (χ3n) is 4.26. The summed E-state index contributed by atoms with van der Waals surface area (Å²) < 4.78 is 5.19. The van der Waals surface area contributed by atoms with E-state index < -0.39 is 11.5 Å². The Morgan fingerprint density at radius 1 is 1.40 bits per heavy atom. The summed E-state index contributed by atoms with van der Waals surface area (Å²) in [6.45, 7) is 9.71. The van der Waals surface area contributed by atoms with E-state index in [2.05, 4.69) is 31.0 Å². The molecule has 0 fully saturated rings. The molecular weight excluding hydrogens is 256 g/mol. The first-order chi connectivity index (χ1) is 9.36. The van der Waals surface area contributed by atoms with Crippen molar-refractivity contribution >= 4 is 5.97 Å². The molecule has 20 heavy (non-hydrogen) atoms. The maximum absolute atomic E-state index is 11.4. The van der Waals surface area contributed by atoms with E-state index in [9.17, 15) is 9.90 Å². The fraction of sp³-hybridized carbons (Fsp3) is 0.933. The number of carboxylic acids is 1. The minimum absolute atomic E-state index is 0.184. The number of nitrogens with one attached hydrogen (secondary N) is 1. The zero-order chi connectivity index (χ0) is 15.8. The van der Waals surface area contributed by atoms with Gasteiger partial charge >= 0.3 is 5.97 Å². The van der Waals surface area contributed by atoms with Gasteiger partial charge in [-0.1, -0.05) is 13.8 Å². The molecule has 0 saturated heterocycles. The van der Waals surface area contributed by atoms with E-state index in [0.29, 0.717) is 19.1 Å². The summed E-state index contributed by atoms with van der Waals surface area (Å²) in [6.07, 6.45) is 2.70. The maximum Gasteiger partial charge on any atom is 0.323 e. The van der Waals surface area contributed by atoms with Crippen LogP contribution in [0.15, 0.2) is 0 Å². The summed E-state index contributed by atoms with van der Waals surface area (Å²) in [5.74, 6) is -0.803. The molecule has 0 amide bonds. The van der Waals surface area contributed by atoms with Crippen molar-refractivity contribution in [3.63, 3.8) is 0 Å². The van der Waals surface area contributed by atoms with Gasteiger partial charge in [-0.3, -0.25) is 9.69 Å². The van der Waals surface area contributed by atoms with Crippen molar-refractivity contribution in [2.75, 3.05) is 27.3 Å². The van der Waals surface area contributed by atoms with Crippen molar-refractivity contribution in [3.8, 4) is 0 Å². The predicted octanol–water partition coefficient (Wildman–Crippen LogP) is 1.96. The average molecular weight is 288 g/mol. The third kappa shape index (κ3) is 5.38. The fourth-order valence-corrected chi connectivity index (χ4v) is 2.72. The molecular formula is C15H32N2O3. The van der Waals surface area contributed by atoms with E-state index in [0.717, 1.165) is 19.4 Å². The SMILES string of the molecule is CCC(CC)N(CCOC)C(C)CC(C)(NC)C(=O)O. The first kappa shape index (κ1) is 19.4. The molecule has 0 radical (unpaired) electrons. The van der Waals surface area contributed by atoms with Gasteiger partial charge in [0.2, 0.25) is 0 Å². The Balaban J connectivity index is 4.92. The van der Waals surface area contributed by atoms with Crippen molar-refractivity contribution in [2.45, 2.75) is 64.6 Å². The van der Waals surface area contributed by atoms with E-state index in [4.69, 9.17) is 4.74 Å². The Morgan fingerprint density at radius 2 is 1.95 bits per heavy atom. The van der Waals surface area contributed by atoms with Crippen LogP contribution in [0, 0.1) is 0 Å². The van der Waals surface area contributed by atoms with Crippen LogP contribution in [0.1, 0.15) is 47.0 Å². The number of carbonyl (C=O) groups is 1. The normalized spacial score (nSPS) is 16.4. The van der Waals surface area contributed by atoms with Gasteiger partial charge in [0.15, 0.2) is 0 Å². The third-order valence-corrected chi connectivity index (χ3v) is 4.26. The molecule has 0 aromatic carbocycles. The summed E-state index contributed by atoms with van der Waals surface area (Å²) in [7, 11) is 3.40. The smallest absolute Gasteiger partial charge is 0.323 e. The lowest BCUT2D eigenvalue weighted by molar-refractivity contribution is -0.145. The van der Waals surface area contributed by atoms with E-state index in [1.807, 2.05) is 0 Å². The lowest BCUT2D eigenvalue weighted by atomic mass is 9.92. The van der Waals surface area contributed by atoms with Gasteiger partial charge in [-0.05, 0) is 40.2 Å². The number of nitrogens with zero attached hydrogens (tertiary/aromatic N) is 1. The molecule has 2 unspecified atom stereocenters. The Kier molecular flexibility index (Phi) is 9.01. The van der Waals surface area contributed by atoms with E-state index in [1.165, 1.54) is 0 Å². The maximum atomic E-state index is 11.4. The molecule has 0 spiro atoms. The van der Waals surface area contributed by atoms with Crippen LogP contribution in [-0.4, -0.2) is 60.9 Å². The molecule has 0 aromatic rings. The van der Waals surface area contributed by atoms with Gasteiger partial charge in [0.05, 0.1) is 6.61 Å². The summed E-state index contributed by atoms with van der Waals surface area (Å²) >= 11 is 0. The van der Waals surface area contributed by atoms with Crippen LogP contribution in [0.5, 0.6) is 0 Å². The molecule has 0 aliphatic carbocycles. The minimum atomic E-state index is -0.892. The lowest BCUT2D eigenvalue weighted by Gasteiger charge is -2.39. The number of ether oxygens (including phenoxy) is 1. The van der Waals surface area contributed by atoms with Crippen LogP contribution in [0.4, 0.5) is 0 Å². The Bertz CT molecular complexity index is 282. The molecule has 5 nitrogen and oxygen atoms in total. The molecule has 0 saturated carbocycles. The van der Waals surface area contributed by atoms with E-state index in [1.54, 1.807) is 21.1 Å². The van der Waals surface area contributed by atoms with Crippen LogP contribution >= 0.6 is 0 Å². The topological polar surface area (TPSA) is 61.8 Å². The monoisotopic (exact) mass is 288 g/mol. The van der Waals surface area contributed by atoms with Gasteiger partial charge in [0.25, 0.3) is 0 Å². The molecule has 2 atom stereocenters. The van der Waals surface area contributed by atoms with E-state index >= 15 is 0 Å². The number of hydrogen-bond donors (Lipinski definition) is 2. The highest BCUT2D eigenvalue weighted by Gasteiger charge is 2.35. The second-order valence-electron chi connectivity index (χ2n) is 5.64. The lowest BCUT2D eigenvalue weighted by Crippen LogP contribution is -2.54. The van der Waals surface area contributed by atoms with Crippen LogP contribution in [0.2, 0.25) is 0 Å². The Morgan fingerprint density at radius 3 is 2.30 bits per heavy atom. The standard InChI is InChI=1S/C15H32N2O3/c1-7-13(8-2)17(9-10-20-6)12(3)11-15(4,16-5)14(18)19/h12-13,16H,7-11H2,1-6H3,(H,18,19). The first-order valence-electron chi connectivity index (χ1n) is 7.53. The summed E-state index contributed by atoms with van der Waals surface area (Å²) in [4.78, 5) is 13.8. The Labute approximate surface area is 123 Å². The second kappa shape index (κ2) is 9.32. The molecule has 5 heteroatoms. The minimum Gasteiger partial charge on any atom is -0.480 e. The number of hydrogen-bond acceptors (Lipinski definition) is 4. The van der Waals surface area contributed by atoms with Gasteiger partial charge in [-0.25, -0.2) is 0 Å². The fourth-order valence-electron chi connectivity index (χ4n) is 2.72. The molecule has 0 aromatic heterocycles. The molecule has 120 valence electrons. The van der Waals surface area contributed by atoms with Gasteiger partial charge in [0, 0.05) is 25.7 Å². The summed E-state index contributed by atoms with van der Waals surface area (Å²) in [6, 6.07) is 0.652. The molecule has 0 bridgehead atoms. The van der Waals surface area contributed by atoms with Crippen LogP contribution in [-0.2, 0) is 9.53 Å². The molecule has 0 rings (SSSR count). The predicted molar refractivity (Wildman–Crippen MR) is 82.1 cm³/mol. The van der Waals surface area contributed by atoms with Gasteiger partial charge in [-0.2, -0.15) is 0 Å². The van der Waals surface area contributed by atoms with Crippen LogP contribution in [0.25, 0.3) is 0 Å². The van der Waals surface area contributed by atoms with Gasteiger partial charge in [-0.15, -0.1) is 0 Å². The van der Waals surface area contributed by atoms with Crippen molar-refractivity contribution < 1.29 is 14.6 Å². The quantitative estimate of drug-likeness (QED) is 0.608. The first-order valence-corrected chi connectivity index (χ1v) is 7.53. The molecule has 0 aliphatic heterocycles. The number of aliphatic carboxylic acids is 1. The largest absolute Gasteiger partial charge is 0.480 e. The van der Waals surface area contributed by atoms with Gasteiger partial charge < -0.3 is 15.2 Å². The number of rotatable bonds is 11. The van der Waals surface area contributed by atoms with E-state index in [-0.39, 0.29) is 6.04 Å². The molecule has 0 heterocycles. The zero-order valence-electron chi connectivity index (χ0n) is 13.9. The highest BCUT2D eigenvalue weighted by molar-refractivity contribution is 5.78. The van der Waals surface area contributed by atoms with Crippen molar-refractivity contribution in [2.24, 2.45) is 0 Å². The van der Waals surface area contributed by atoms with Crippen LogP contribution < -0.4 is 5.32 Å². The van der Waals surface area contributed by atoms with Crippen molar-refractivity contribution in [1.29, 1.82) is 0 Å². The highest BCUT2D eigenvalue weighted by atomic mass is 16.5. The average Bonchev–Trinajstić information content (AvgIpc) is 2.42. The number of carboxylic acid groups (broad SMARTS) is 1. The van der Waals surface area contributed by atoms with Gasteiger partial charge in [0.1, 0.15) is 5.54 Å².